The summed E-state index contributed by atoms with van der Waals surface area (Å²) in [4.78, 5) is 12.1. The average Bonchev–Trinajstić information content (AvgIpc) is 2.73. The first-order valence-corrected chi connectivity index (χ1v) is 6.87. The third-order valence-corrected chi connectivity index (χ3v) is 3.64. The van der Waals surface area contributed by atoms with Gasteiger partial charge in [-0.25, -0.2) is 4.79 Å². The number of carbonyl (C=O) groups excluding carboxylic acids is 1. The number of fused-ring (bicyclic) bond motifs is 1. The molecular formula is C16H17NO4. The lowest BCUT2D eigenvalue weighted by Gasteiger charge is -2.31. The molecule has 110 valence electrons. The highest BCUT2D eigenvalue weighted by Gasteiger charge is 2.49. The van der Waals surface area contributed by atoms with E-state index < -0.39 is 11.7 Å². The van der Waals surface area contributed by atoms with E-state index in [0.29, 0.717) is 11.5 Å². The van der Waals surface area contributed by atoms with Crippen LogP contribution in [-0.4, -0.2) is 16.8 Å². The number of aliphatic hydroxyl groups excluding tert-OH is 1. The van der Waals surface area contributed by atoms with Crippen molar-refractivity contribution in [2.45, 2.75) is 32.9 Å². The Morgan fingerprint density at radius 1 is 1.43 bits per heavy atom. The van der Waals surface area contributed by atoms with E-state index in [-0.39, 0.29) is 11.3 Å². The van der Waals surface area contributed by atoms with E-state index >= 15 is 0 Å². The third-order valence-electron chi connectivity index (χ3n) is 3.64. The maximum absolute atomic E-state index is 12.1. The summed E-state index contributed by atoms with van der Waals surface area (Å²) in [6.07, 6.45) is 2.57. The number of aryl methyl sites for hydroxylation is 1. The molecular weight excluding hydrogens is 270 g/mol. The second-order valence-electron chi connectivity index (χ2n) is 5.25. The van der Waals surface area contributed by atoms with Crippen molar-refractivity contribution in [3.63, 3.8) is 0 Å². The molecule has 0 aliphatic carbocycles. The lowest BCUT2D eigenvalue weighted by molar-refractivity contribution is -0.138. The maximum atomic E-state index is 12.1. The van der Waals surface area contributed by atoms with Crippen LogP contribution in [0.15, 0.2) is 41.4 Å². The maximum Gasteiger partial charge on any atom is 0.349 e. The van der Waals surface area contributed by atoms with Crippen LogP contribution in [0.4, 0.5) is 5.69 Å². The zero-order valence-electron chi connectivity index (χ0n) is 12.2. The summed E-state index contributed by atoms with van der Waals surface area (Å²) in [5, 5.41) is 13.1. The Balaban J connectivity index is 2.11. The summed E-state index contributed by atoms with van der Waals surface area (Å²) >= 11 is 0. The van der Waals surface area contributed by atoms with Gasteiger partial charge >= 0.3 is 5.97 Å². The van der Waals surface area contributed by atoms with E-state index in [9.17, 15) is 9.90 Å². The number of nitrogens with one attached hydrogen (secondary N) is 1. The quantitative estimate of drug-likeness (QED) is 0.472. The van der Waals surface area contributed by atoms with E-state index in [4.69, 9.17) is 9.47 Å². The van der Waals surface area contributed by atoms with Gasteiger partial charge in [0.2, 0.25) is 5.72 Å². The molecule has 1 aromatic rings. The van der Waals surface area contributed by atoms with Crippen molar-refractivity contribution in [3.05, 3.63) is 46.9 Å². The minimum atomic E-state index is -1.20. The van der Waals surface area contributed by atoms with Gasteiger partial charge < -0.3 is 19.9 Å². The van der Waals surface area contributed by atoms with Gasteiger partial charge in [-0.1, -0.05) is 13.0 Å². The molecule has 2 N–H and O–H groups in total. The lowest BCUT2D eigenvalue weighted by Crippen LogP contribution is -2.47. The zero-order chi connectivity index (χ0) is 15.2. The monoisotopic (exact) mass is 287 g/mol. The molecule has 1 unspecified atom stereocenters. The van der Waals surface area contributed by atoms with Crippen molar-refractivity contribution in [3.8, 4) is 5.75 Å². The predicted molar refractivity (Wildman–Crippen MR) is 78.0 cm³/mol. The SMILES string of the molecule is CCc1ccc2c(c1)NC1(C=C(C)OC(=O)/C1=C(\C)O)O2. The number of hydrogen-bond donors (Lipinski definition) is 2. The van der Waals surface area contributed by atoms with Crippen LogP contribution < -0.4 is 10.1 Å². The first kappa shape index (κ1) is 13.5. The molecule has 1 atom stereocenters. The van der Waals surface area contributed by atoms with Gasteiger partial charge in [-0.15, -0.1) is 0 Å². The van der Waals surface area contributed by atoms with Gasteiger partial charge in [-0.05, 0) is 38.0 Å². The van der Waals surface area contributed by atoms with E-state index in [1.807, 2.05) is 18.2 Å². The van der Waals surface area contributed by atoms with Crippen molar-refractivity contribution < 1.29 is 19.4 Å². The van der Waals surface area contributed by atoms with E-state index in [1.165, 1.54) is 6.92 Å². The Morgan fingerprint density at radius 3 is 2.86 bits per heavy atom. The van der Waals surface area contributed by atoms with Gasteiger partial charge in [0.15, 0.2) is 0 Å². The van der Waals surface area contributed by atoms with E-state index in [2.05, 4.69) is 12.2 Å². The van der Waals surface area contributed by atoms with Gasteiger partial charge in [-0.2, -0.15) is 0 Å². The fourth-order valence-electron chi connectivity index (χ4n) is 2.72. The Kier molecular flexibility index (Phi) is 2.93. The molecule has 2 heterocycles. The highest BCUT2D eigenvalue weighted by molar-refractivity contribution is 5.95. The molecule has 21 heavy (non-hydrogen) atoms. The summed E-state index contributed by atoms with van der Waals surface area (Å²) in [7, 11) is 0. The van der Waals surface area contributed by atoms with Crippen molar-refractivity contribution in [1.29, 1.82) is 0 Å². The number of hydrogen-bond acceptors (Lipinski definition) is 5. The number of cyclic esters (lactones) is 1. The highest BCUT2D eigenvalue weighted by Crippen LogP contribution is 2.44. The van der Waals surface area contributed by atoms with Crippen LogP contribution in [0, 0.1) is 0 Å². The van der Waals surface area contributed by atoms with E-state index in [0.717, 1.165) is 17.7 Å². The minimum Gasteiger partial charge on any atom is -0.512 e. The second kappa shape index (κ2) is 4.55. The average molecular weight is 287 g/mol. The topological polar surface area (TPSA) is 67.8 Å². The number of anilines is 1. The van der Waals surface area contributed by atoms with Crippen molar-refractivity contribution in [2.75, 3.05) is 5.32 Å². The standard InChI is InChI=1S/C16H17NO4/c1-4-11-5-6-13-12(7-11)17-16(21-13)8-9(2)20-15(19)14(16)10(3)18/h5-8,17-18H,4H2,1-3H3/b14-10-. The van der Waals surface area contributed by atoms with Crippen LogP contribution in [0.1, 0.15) is 26.3 Å². The minimum absolute atomic E-state index is 0.0716. The molecule has 1 spiro atoms. The van der Waals surface area contributed by atoms with Gasteiger partial charge in [0.05, 0.1) is 5.69 Å². The third kappa shape index (κ3) is 2.05. The van der Waals surface area contributed by atoms with Crippen LogP contribution in [0.3, 0.4) is 0 Å². The Labute approximate surface area is 122 Å². The smallest absolute Gasteiger partial charge is 0.349 e. The fraction of sp³-hybridized carbons (Fsp3) is 0.312. The summed E-state index contributed by atoms with van der Waals surface area (Å²) < 4.78 is 11.0. The Bertz CT molecular complexity index is 686. The summed E-state index contributed by atoms with van der Waals surface area (Å²) in [6.45, 7) is 5.19. The lowest BCUT2D eigenvalue weighted by atomic mass is 9.98. The largest absolute Gasteiger partial charge is 0.512 e. The molecule has 5 heteroatoms. The molecule has 3 rings (SSSR count). The molecule has 2 aliphatic rings. The number of carbonyl (C=O) groups is 1. The van der Waals surface area contributed by atoms with Gasteiger partial charge in [0.25, 0.3) is 0 Å². The molecule has 5 nitrogen and oxygen atoms in total. The summed E-state index contributed by atoms with van der Waals surface area (Å²) in [5.74, 6) is 0.344. The number of rotatable bonds is 1. The number of ether oxygens (including phenoxy) is 2. The Hall–Kier alpha value is -2.43. The number of esters is 1. The molecule has 2 aliphatic heterocycles. The van der Waals surface area contributed by atoms with Crippen LogP contribution in [0.5, 0.6) is 5.75 Å². The first-order valence-electron chi connectivity index (χ1n) is 6.87. The molecule has 0 saturated heterocycles. The summed E-state index contributed by atoms with van der Waals surface area (Å²) in [6, 6.07) is 5.83. The van der Waals surface area contributed by atoms with E-state index in [1.54, 1.807) is 13.0 Å². The van der Waals surface area contributed by atoms with Crippen LogP contribution in [0.25, 0.3) is 0 Å². The van der Waals surface area contributed by atoms with Crippen LogP contribution in [0.2, 0.25) is 0 Å². The van der Waals surface area contributed by atoms with Crippen LogP contribution in [-0.2, 0) is 16.0 Å². The molecule has 1 aromatic carbocycles. The van der Waals surface area contributed by atoms with Crippen molar-refractivity contribution in [2.24, 2.45) is 0 Å². The van der Waals surface area contributed by atoms with Crippen molar-refractivity contribution in [1.82, 2.24) is 0 Å². The molecule has 0 saturated carbocycles. The van der Waals surface area contributed by atoms with Gasteiger partial charge in [-0.3, -0.25) is 0 Å². The zero-order valence-corrected chi connectivity index (χ0v) is 12.2. The highest BCUT2D eigenvalue weighted by atomic mass is 16.6. The molecule has 0 radical (unpaired) electrons. The Morgan fingerprint density at radius 2 is 2.19 bits per heavy atom. The second-order valence-corrected chi connectivity index (χ2v) is 5.25. The number of allylic oxidation sites excluding steroid dienone is 2. The fourth-order valence-corrected chi connectivity index (χ4v) is 2.72. The predicted octanol–water partition coefficient (Wildman–Crippen LogP) is 3.04. The normalized spacial score (nSPS) is 25.7. The number of benzene rings is 1. The van der Waals surface area contributed by atoms with Crippen molar-refractivity contribution >= 4 is 11.7 Å². The molecule has 0 fully saturated rings. The van der Waals surface area contributed by atoms with Gasteiger partial charge in [0.1, 0.15) is 22.8 Å². The number of aliphatic hydroxyl groups is 1. The van der Waals surface area contributed by atoms with Gasteiger partial charge in [0, 0.05) is 6.08 Å². The summed E-state index contributed by atoms with van der Waals surface area (Å²) in [5.41, 5.74) is 0.828. The van der Waals surface area contributed by atoms with Crippen LogP contribution >= 0.6 is 0 Å². The molecule has 0 bridgehead atoms. The first-order chi connectivity index (χ1) is 9.95. The molecule has 0 aromatic heterocycles. The molecule has 0 amide bonds.